The minimum absolute atomic E-state index is 0.203. The fourth-order valence-corrected chi connectivity index (χ4v) is 4.87. The molecule has 0 aliphatic carbocycles. The van der Waals surface area contributed by atoms with Gasteiger partial charge in [0, 0.05) is 24.9 Å². The molecule has 1 aromatic rings. The summed E-state index contributed by atoms with van der Waals surface area (Å²) in [6, 6.07) is 6.48. The Labute approximate surface area is 155 Å². The van der Waals surface area contributed by atoms with E-state index in [9.17, 15) is 4.79 Å². The van der Waals surface area contributed by atoms with Crippen molar-refractivity contribution in [1.82, 2.24) is 4.90 Å². The van der Waals surface area contributed by atoms with Gasteiger partial charge in [-0.2, -0.15) is 11.8 Å². The number of hydrogen-bond acceptors (Lipinski definition) is 4. The molecule has 2 unspecified atom stereocenters. The van der Waals surface area contributed by atoms with E-state index in [1.54, 1.807) is 0 Å². The molecule has 2 atom stereocenters. The minimum atomic E-state index is 0.203. The van der Waals surface area contributed by atoms with Crippen molar-refractivity contribution in [3.63, 3.8) is 0 Å². The lowest BCUT2D eigenvalue weighted by Crippen LogP contribution is -2.45. The first kappa shape index (κ1) is 18.6. The number of ether oxygens (including phenoxy) is 2. The van der Waals surface area contributed by atoms with Gasteiger partial charge >= 0.3 is 0 Å². The number of carbonyl (C=O) groups excluding carboxylic acids is 1. The van der Waals surface area contributed by atoms with Gasteiger partial charge < -0.3 is 14.4 Å². The lowest BCUT2D eigenvalue weighted by atomic mass is 10.1. The lowest BCUT2D eigenvalue weighted by Gasteiger charge is -2.31. The van der Waals surface area contributed by atoms with Gasteiger partial charge in [-0.05, 0) is 50.0 Å². The molecule has 0 aromatic heterocycles. The number of aryl methyl sites for hydroxylation is 2. The molecule has 0 saturated carbocycles. The molecule has 2 heterocycles. The predicted octanol–water partition coefficient (Wildman–Crippen LogP) is 3.59. The summed E-state index contributed by atoms with van der Waals surface area (Å²) in [5.41, 5.74) is 2.24. The van der Waals surface area contributed by atoms with Gasteiger partial charge in [0.1, 0.15) is 5.75 Å². The first-order chi connectivity index (χ1) is 12.1. The molecule has 0 radical (unpaired) electrons. The average Bonchev–Trinajstić information content (AvgIpc) is 3.28. The molecule has 138 valence electrons. The Morgan fingerprint density at radius 1 is 1.32 bits per heavy atom. The van der Waals surface area contributed by atoms with E-state index in [0.717, 1.165) is 60.8 Å². The van der Waals surface area contributed by atoms with Gasteiger partial charge in [0.25, 0.3) is 0 Å². The second kappa shape index (κ2) is 8.95. The number of amides is 1. The van der Waals surface area contributed by atoms with Crippen molar-refractivity contribution in [2.75, 3.05) is 31.3 Å². The van der Waals surface area contributed by atoms with Gasteiger partial charge in [-0.1, -0.05) is 18.2 Å². The van der Waals surface area contributed by atoms with Crippen molar-refractivity contribution in [3.8, 4) is 5.75 Å². The Morgan fingerprint density at radius 3 is 2.76 bits per heavy atom. The number of para-hydroxylation sites is 1. The highest BCUT2D eigenvalue weighted by Crippen LogP contribution is 2.26. The van der Waals surface area contributed by atoms with Crippen LogP contribution >= 0.6 is 11.8 Å². The zero-order valence-corrected chi connectivity index (χ0v) is 16.1. The van der Waals surface area contributed by atoms with E-state index in [2.05, 4.69) is 4.90 Å². The van der Waals surface area contributed by atoms with E-state index >= 15 is 0 Å². The summed E-state index contributed by atoms with van der Waals surface area (Å²) < 4.78 is 11.7. The summed E-state index contributed by atoms with van der Waals surface area (Å²) in [4.78, 5) is 14.9. The molecule has 0 bridgehead atoms. The molecule has 2 fully saturated rings. The highest BCUT2D eigenvalue weighted by Gasteiger charge is 2.30. The Kier molecular flexibility index (Phi) is 6.65. The molecular formula is C20H29NO3S. The smallest absolute Gasteiger partial charge is 0.226 e. The van der Waals surface area contributed by atoms with Crippen LogP contribution in [0.15, 0.2) is 18.2 Å². The van der Waals surface area contributed by atoms with Crippen LogP contribution in [0.1, 0.15) is 36.8 Å². The van der Waals surface area contributed by atoms with Crippen molar-refractivity contribution in [1.29, 1.82) is 0 Å². The Balaban J connectivity index is 1.56. The van der Waals surface area contributed by atoms with Gasteiger partial charge in [0.2, 0.25) is 5.91 Å². The first-order valence-electron chi connectivity index (χ1n) is 9.33. The number of carbonyl (C=O) groups is 1. The molecule has 1 amide bonds. The van der Waals surface area contributed by atoms with Crippen LogP contribution in [0.5, 0.6) is 5.75 Å². The van der Waals surface area contributed by atoms with E-state index in [0.29, 0.717) is 19.1 Å². The van der Waals surface area contributed by atoms with E-state index in [-0.39, 0.29) is 12.0 Å². The molecule has 2 aliphatic heterocycles. The molecule has 4 nitrogen and oxygen atoms in total. The molecule has 5 heteroatoms. The fraction of sp³-hybridized carbons (Fsp3) is 0.650. The summed E-state index contributed by atoms with van der Waals surface area (Å²) in [5, 5.41) is 0. The van der Waals surface area contributed by atoms with Crippen molar-refractivity contribution in [3.05, 3.63) is 29.3 Å². The van der Waals surface area contributed by atoms with Gasteiger partial charge in [-0.3, -0.25) is 4.79 Å². The molecule has 3 rings (SSSR count). The van der Waals surface area contributed by atoms with Gasteiger partial charge in [0.05, 0.1) is 19.1 Å². The molecular weight excluding hydrogens is 334 g/mol. The van der Waals surface area contributed by atoms with Crippen molar-refractivity contribution in [2.24, 2.45) is 0 Å². The number of nitrogens with zero attached hydrogens (tertiary/aromatic N) is 1. The fourth-order valence-electron chi connectivity index (χ4n) is 3.64. The van der Waals surface area contributed by atoms with E-state index in [4.69, 9.17) is 9.47 Å². The third-order valence-electron chi connectivity index (χ3n) is 5.06. The van der Waals surface area contributed by atoms with Crippen LogP contribution < -0.4 is 4.74 Å². The summed E-state index contributed by atoms with van der Waals surface area (Å²) in [5.74, 6) is 3.32. The quantitative estimate of drug-likeness (QED) is 0.742. The van der Waals surface area contributed by atoms with Crippen LogP contribution in [0, 0.1) is 13.8 Å². The van der Waals surface area contributed by atoms with Gasteiger partial charge in [-0.15, -0.1) is 0 Å². The third kappa shape index (κ3) is 4.91. The Bertz CT molecular complexity index is 560. The molecule has 2 aliphatic rings. The van der Waals surface area contributed by atoms with Crippen molar-refractivity contribution < 1.29 is 14.3 Å². The van der Waals surface area contributed by atoms with E-state index in [1.807, 2.05) is 43.8 Å². The summed E-state index contributed by atoms with van der Waals surface area (Å²) in [6.07, 6.45) is 3.93. The maximum atomic E-state index is 12.9. The maximum absolute atomic E-state index is 12.9. The van der Waals surface area contributed by atoms with Crippen LogP contribution in [-0.4, -0.2) is 54.2 Å². The molecule has 2 saturated heterocycles. The standard InChI is InChI=1S/C20H29NO3S/c1-15-5-3-6-16(2)20(15)24-11-8-19(22)21(17-9-12-25-14-17)13-18-7-4-10-23-18/h3,5-6,17-18H,4,7-14H2,1-2H3. The SMILES string of the molecule is Cc1cccc(C)c1OCCC(=O)N(CC1CCCO1)C1CCSC1. The lowest BCUT2D eigenvalue weighted by molar-refractivity contribution is -0.135. The van der Waals surface area contributed by atoms with Crippen molar-refractivity contribution >= 4 is 17.7 Å². The highest BCUT2D eigenvalue weighted by molar-refractivity contribution is 7.99. The highest BCUT2D eigenvalue weighted by atomic mass is 32.2. The first-order valence-corrected chi connectivity index (χ1v) is 10.5. The second-order valence-corrected chi connectivity index (χ2v) is 8.17. The Morgan fingerprint density at radius 2 is 2.12 bits per heavy atom. The monoisotopic (exact) mass is 363 g/mol. The number of thioether (sulfide) groups is 1. The van der Waals surface area contributed by atoms with Crippen LogP contribution in [0.3, 0.4) is 0 Å². The van der Waals surface area contributed by atoms with E-state index < -0.39 is 0 Å². The third-order valence-corrected chi connectivity index (χ3v) is 6.21. The minimum Gasteiger partial charge on any atom is -0.493 e. The second-order valence-electron chi connectivity index (χ2n) is 7.02. The van der Waals surface area contributed by atoms with Gasteiger partial charge in [0.15, 0.2) is 0 Å². The largest absolute Gasteiger partial charge is 0.493 e. The van der Waals surface area contributed by atoms with Crippen LogP contribution in [0.2, 0.25) is 0 Å². The zero-order chi connectivity index (χ0) is 17.6. The molecule has 0 spiro atoms. The number of benzene rings is 1. The predicted molar refractivity (Wildman–Crippen MR) is 102 cm³/mol. The van der Waals surface area contributed by atoms with Crippen LogP contribution in [0.4, 0.5) is 0 Å². The summed E-state index contributed by atoms with van der Waals surface area (Å²) >= 11 is 1.94. The summed E-state index contributed by atoms with van der Waals surface area (Å²) in [7, 11) is 0. The number of rotatable bonds is 7. The summed E-state index contributed by atoms with van der Waals surface area (Å²) in [6.45, 7) is 6.11. The number of hydrogen-bond donors (Lipinski definition) is 0. The average molecular weight is 364 g/mol. The molecule has 0 N–H and O–H groups in total. The Hall–Kier alpha value is -1.20. The van der Waals surface area contributed by atoms with Crippen LogP contribution in [-0.2, 0) is 9.53 Å². The molecule has 25 heavy (non-hydrogen) atoms. The van der Waals surface area contributed by atoms with E-state index in [1.165, 1.54) is 0 Å². The van der Waals surface area contributed by atoms with Crippen molar-refractivity contribution in [2.45, 2.75) is 51.7 Å². The normalized spacial score (nSPS) is 23.0. The van der Waals surface area contributed by atoms with Crippen LogP contribution in [0.25, 0.3) is 0 Å². The topological polar surface area (TPSA) is 38.8 Å². The maximum Gasteiger partial charge on any atom is 0.226 e. The van der Waals surface area contributed by atoms with Gasteiger partial charge in [-0.25, -0.2) is 0 Å². The zero-order valence-electron chi connectivity index (χ0n) is 15.3. The molecule has 1 aromatic carbocycles.